The summed E-state index contributed by atoms with van der Waals surface area (Å²) in [6.45, 7) is 0. The zero-order valence-corrected chi connectivity index (χ0v) is 11.0. The Morgan fingerprint density at radius 1 is 1.39 bits per heavy atom. The monoisotopic (exact) mass is 307 g/mol. The Hall–Kier alpha value is -1.69. The van der Waals surface area contributed by atoms with E-state index in [2.05, 4.69) is 26.2 Å². The lowest BCUT2D eigenvalue weighted by Crippen LogP contribution is -2.40. The lowest BCUT2D eigenvalue weighted by molar-refractivity contribution is -0.134. The van der Waals surface area contributed by atoms with Gasteiger partial charge in [-0.2, -0.15) is 0 Å². The van der Waals surface area contributed by atoms with E-state index in [1.54, 1.807) is 0 Å². The number of nitrogens with one attached hydrogen (secondary N) is 1. The number of halogens is 1. The predicted molar refractivity (Wildman–Crippen MR) is 68.0 cm³/mol. The summed E-state index contributed by atoms with van der Waals surface area (Å²) in [5, 5.41) is 2.36. The first-order chi connectivity index (χ1) is 8.66. The molecule has 0 aliphatic carbocycles. The minimum absolute atomic E-state index is 0.212. The van der Waals surface area contributed by atoms with Crippen LogP contribution in [0.4, 0.5) is 0 Å². The van der Waals surface area contributed by atoms with Gasteiger partial charge >= 0.3 is 0 Å². The van der Waals surface area contributed by atoms with Crippen LogP contribution >= 0.6 is 15.9 Å². The molecule has 2 aromatic rings. The molecule has 2 aromatic heterocycles. The van der Waals surface area contributed by atoms with Crippen molar-refractivity contribution in [3.05, 3.63) is 34.8 Å². The van der Waals surface area contributed by atoms with Crippen molar-refractivity contribution >= 4 is 33.3 Å². The molecule has 1 N–H and O–H groups in total. The van der Waals surface area contributed by atoms with E-state index in [0.717, 1.165) is 5.52 Å². The first-order valence-electron chi connectivity index (χ1n) is 5.63. The summed E-state index contributed by atoms with van der Waals surface area (Å²) in [5.41, 5.74) is 0.914. The van der Waals surface area contributed by atoms with Gasteiger partial charge in [-0.1, -0.05) is 6.07 Å². The third-order valence-corrected chi connectivity index (χ3v) is 3.67. The van der Waals surface area contributed by atoms with Crippen LogP contribution in [-0.4, -0.2) is 21.2 Å². The van der Waals surface area contributed by atoms with Crippen molar-refractivity contribution in [2.75, 3.05) is 0 Å². The maximum absolute atomic E-state index is 11.9. The molecule has 0 bridgehead atoms. The maximum atomic E-state index is 11.9. The Bertz CT molecular complexity index is 650. The van der Waals surface area contributed by atoms with Crippen molar-refractivity contribution < 1.29 is 9.59 Å². The molecule has 0 radical (unpaired) electrons. The number of rotatable bonds is 1. The molecule has 6 heteroatoms. The fourth-order valence-electron chi connectivity index (χ4n) is 2.21. The van der Waals surface area contributed by atoms with E-state index >= 15 is 0 Å². The molecule has 2 amide bonds. The summed E-state index contributed by atoms with van der Waals surface area (Å²) in [6.07, 6.45) is 2.73. The molecular weight excluding hydrogens is 298 g/mol. The van der Waals surface area contributed by atoms with Gasteiger partial charge in [0.1, 0.15) is 10.4 Å². The molecular formula is C12H10BrN3O2. The zero-order valence-electron chi connectivity index (χ0n) is 9.39. The average molecular weight is 308 g/mol. The Kier molecular flexibility index (Phi) is 2.66. The number of imide groups is 1. The minimum atomic E-state index is -0.371. The van der Waals surface area contributed by atoms with Crippen LogP contribution < -0.4 is 5.32 Å². The van der Waals surface area contributed by atoms with Crippen LogP contribution in [0, 0.1) is 0 Å². The third-order valence-electron chi connectivity index (χ3n) is 3.08. The van der Waals surface area contributed by atoms with Crippen LogP contribution in [0.1, 0.15) is 24.6 Å². The average Bonchev–Trinajstić information content (AvgIpc) is 2.68. The number of piperidine rings is 1. The standard InChI is InChI=1S/C12H10BrN3O2/c13-10-8-3-1-2-6-16(8)11(15-10)7-4-5-9(17)14-12(7)18/h1-3,6-7H,4-5H2,(H,14,17,18). The topological polar surface area (TPSA) is 63.5 Å². The Labute approximate surface area is 111 Å². The van der Waals surface area contributed by atoms with Crippen LogP contribution in [0.5, 0.6) is 0 Å². The number of nitrogens with zero attached hydrogens (tertiary/aromatic N) is 2. The van der Waals surface area contributed by atoms with Gasteiger partial charge in [0.05, 0.1) is 11.4 Å². The number of pyridine rings is 1. The van der Waals surface area contributed by atoms with Crippen LogP contribution in [-0.2, 0) is 9.59 Å². The van der Waals surface area contributed by atoms with Gasteiger partial charge in [-0.25, -0.2) is 4.98 Å². The highest BCUT2D eigenvalue weighted by Gasteiger charge is 2.31. The van der Waals surface area contributed by atoms with Crippen molar-refractivity contribution in [2.45, 2.75) is 18.8 Å². The number of fused-ring (bicyclic) bond motifs is 1. The van der Waals surface area contributed by atoms with Crippen molar-refractivity contribution in [3.63, 3.8) is 0 Å². The molecule has 1 aliphatic rings. The van der Waals surface area contributed by atoms with Gasteiger partial charge in [0, 0.05) is 12.6 Å². The summed E-state index contributed by atoms with van der Waals surface area (Å²) in [7, 11) is 0. The molecule has 1 aliphatic heterocycles. The number of hydrogen-bond donors (Lipinski definition) is 1. The molecule has 5 nitrogen and oxygen atoms in total. The van der Waals surface area contributed by atoms with E-state index in [9.17, 15) is 9.59 Å². The number of hydrogen-bond acceptors (Lipinski definition) is 3. The van der Waals surface area contributed by atoms with Gasteiger partial charge in [0.2, 0.25) is 11.8 Å². The molecule has 1 unspecified atom stereocenters. The molecule has 1 saturated heterocycles. The smallest absolute Gasteiger partial charge is 0.237 e. The van der Waals surface area contributed by atoms with Gasteiger partial charge in [-0.3, -0.25) is 14.9 Å². The van der Waals surface area contributed by atoms with E-state index in [-0.39, 0.29) is 17.7 Å². The number of aromatic nitrogens is 2. The molecule has 18 heavy (non-hydrogen) atoms. The van der Waals surface area contributed by atoms with E-state index < -0.39 is 0 Å². The van der Waals surface area contributed by atoms with Crippen LogP contribution in [0.3, 0.4) is 0 Å². The Balaban J connectivity index is 2.09. The molecule has 92 valence electrons. The SMILES string of the molecule is O=C1CCC(c2nc(Br)c3ccccn23)C(=O)N1. The van der Waals surface area contributed by atoms with Crippen molar-refractivity contribution in [1.82, 2.24) is 14.7 Å². The summed E-state index contributed by atoms with van der Waals surface area (Å²) in [4.78, 5) is 27.4. The number of amides is 2. The van der Waals surface area contributed by atoms with E-state index in [1.165, 1.54) is 0 Å². The van der Waals surface area contributed by atoms with Gasteiger partial charge in [-0.05, 0) is 34.5 Å². The van der Waals surface area contributed by atoms with Crippen LogP contribution in [0.15, 0.2) is 29.0 Å². The lowest BCUT2D eigenvalue weighted by Gasteiger charge is -2.19. The molecule has 3 rings (SSSR count). The quantitative estimate of drug-likeness (QED) is 0.814. The first kappa shape index (κ1) is 11.4. The minimum Gasteiger partial charge on any atom is -0.302 e. The second kappa shape index (κ2) is 4.20. The third kappa shape index (κ3) is 1.73. The summed E-state index contributed by atoms with van der Waals surface area (Å²) in [6, 6.07) is 5.72. The Morgan fingerprint density at radius 2 is 2.22 bits per heavy atom. The van der Waals surface area contributed by atoms with E-state index in [0.29, 0.717) is 23.3 Å². The molecule has 0 spiro atoms. The summed E-state index contributed by atoms with van der Waals surface area (Å²) >= 11 is 3.39. The Morgan fingerprint density at radius 3 is 3.00 bits per heavy atom. The fourth-order valence-corrected chi connectivity index (χ4v) is 2.71. The summed E-state index contributed by atoms with van der Waals surface area (Å²) in [5.74, 6) is -0.183. The van der Waals surface area contributed by atoms with Gasteiger partial charge < -0.3 is 4.40 Å². The number of imidazole rings is 1. The van der Waals surface area contributed by atoms with Crippen molar-refractivity contribution in [2.24, 2.45) is 0 Å². The fraction of sp³-hybridized carbons (Fsp3) is 0.250. The second-order valence-corrected chi connectivity index (χ2v) is 4.97. The number of carbonyl (C=O) groups excluding carboxylic acids is 2. The van der Waals surface area contributed by atoms with Crippen molar-refractivity contribution in [1.29, 1.82) is 0 Å². The van der Waals surface area contributed by atoms with E-state index in [1.807, 2.05) is 28.8 Å². The summed E-state index contributed by atoms with van der Waals surface area (Å²) < 4.78 is 2.59. The highest BCUT2D eigenvalue weighted by atomic mass is 79.9. The van der Waals surface area contributed by atoms with E-state index in [4.69, 9.17) is 0 Å². The van der Waals surface area contributed by atoms with Gasteiger partial charge in [0.25, 0.3) is 0 Å². The van der Waals surface area contributed by atoms with Gasteiger partial charge in [-0.15, -0.1) is 0 Å². The lowest BCUT2D eigenvalue weighted by atomic mass is 9.97. The first-order valence-corrected chi connectivity index (χ1v) is 6.42. The normalized spacial score (nSPS) is 20.2. The maximum Gasteiger partial charge on any atom is 0.237 e. The highest BCUT2D eigenvalue weighted by molar-refractivity contribution is 9.10. The van der Waals surface area contributed by atoms with Crippen LogP contribution in [0.25, 0.3) is 5.52 Å². The van der Waals surface area contributed by atoms with Gasteiger partial charge in [0.15, 0.2) is 0 Å². The van der Waals surface area contributed by atoms with Crippen LogP contribution in [0.2, 0.25) is 0 Å². The number of carbonyl (C=O) groups is 2. The largest absolute Gasteiger partial charge is 0.302 e. The second-order valence-electron chi connectivity index (χ2n) is 4.22. The zero-order chi connectivity index (χ0) is 12.7. The molecule has 3 heterocycles. The molecule has 0 aromatic carbocycles. The predicted octanol–water partition coefficient (Wildman–Crippen LogP) is 1.62. The molecule has 1 fully saturated rings. The molecule has 1 atom stereocenters. The highest BCUT2D eigenvalue weighted by Crippen LogP contribution is 2.28. The molecule has 0 saturated carbocycles. The van der Waals surface area contributed by atoms with Crippen molar-refractivity contribution in [3.8, 4) is 0 Å².